The van der Waals surface area contributed by atoms with E-state index in [2.05, 4.69) is 4.98 Å². The van der Waals surface area contributed by atoms with Gasteiger partial charge in [0.2, 0.25) is 5.91 Å². The van der Waals surface area contributed by atoms with Crippen LogP contribution < -0.4 is 10.6 Å². The van der Waals surface area contributed by atoms with Crippen molar-refractivity contribution in [2.45, 2.75) is 31.7 Å². The Morgan fingerprint density at radius 2 is 2.14 bits per heavy atom. The van der Waals surface area contributed by atoms with E-state index in [-0.39, 0.29) is 12.6 Å². The van der Waals surface area contributed by atoms with Crippen LogP contribution in [-0.2, 0) is 9.59 Å². The molecule has 6 heteroatoms. The summed E-state index contributed by atoms with van der Waals surface area (Å²) in [6, 6.07) is 3.75. The molecule has 1 aromatic heterocycles. The number of carboxylic acid groups (broad SMARTS) is 1. The Bertz CT molecular complexity index is 551. The number of aliphatic carboxylic acids is 1. The van der Waals surface area contributed by atoms with E-state index in [0.717, 1.165) is 31.8 Å². The van der Waals surface area contributed by atoms with Crippen LogP contribution in [0.1, 0.15) is 31.2 Å². The molecule has 0 atom stereocenters. The maximum atomic E-state index is 11.4. The van der Waals surface area contributed by atoms with Crippen molar-refractivity contribution in [2.75, 3.05) is 11.4 Å². The zero-order chi connectivity index (χ0) is 15.2. The zero-order valence-electron chi connectivity index (χ0n) is 11.7. The average molecular weight is 289 g/mol. The molecule has 0 aromatic carbocycles. The van der Waals surface area contributed by atoms with Crippen molar-refractivity contribution in [1.29, 1.82) is 0 Å². The van der Waals surface area contributed by atoms with Crippen LogP contribution in [0, 0.1) is 0 Å². The molecule has 1 heterocycles. The SMILES string of the molecule is NC(=O)CN(c1ncccc1/C=C/C(=O)O)C1CCCC1. The van der Waals surface area contributed by atoms with E-state index in [9.17, 15) is 9.59 Å². The first kappa shape index (κ1) is 15.0. The molecular formula is C15H19N3O3. The molecule has 0 unspecified atom stereocenters. The Balaban J connectivity index is 2.34. The zero-order valence-corrected chi connectivity index (χ0v) is 11.7. The number of anilines is 1. The van der Waals surface area contributed by atoms with Gasteiger partial charge in [-0.25, -0.2) is 9.78 Å². The van der Waals surface area contributed by atoms with Gasteiger partial charge < -0.3 is 15.7 Å². The summed E-state index contributed by atoms with van der Waals surface area (Å²) in [4.78, 5) is 28.3. The summed E-state index contributed by atoms with van der Waals surface area (Å²) >= 11 is 0. The van der Waals surface area contributed by atoms with Gasteiger partial charge in [-0.2, -0.15) is 0 Å². The molecule has 1 amide bonds. The number of carbonyl (C=O) groups is 2. The molecule has 0 saturated heterocycles. The maximum absolute atomic E-state index is 11.4. The summed E-state index contributed by atoms with van der Waals surface area (Å²) in [7, 11) is 0. The number of rotatable bonds is 6. The minimum atomic E-state index is -1.02. The molecule has 0 aliphatic heterocycles. The molecule has 21 heavy (non-hydrogen) atoms. The Morgan fingerprint density at radius 3 is 2.76 bits per heavy atom. The van der Waals surface area contributed by atoms with E-state index in [1.165, 1.54) is 6.08 Å². The molecule has 1 aromatic rings. The van der Waals surface area contributed by atoms with Crippen molar-refractivity contribution in [2.24, 2.45) is 5.73 Å². The van der Waals surface area contributed by atoms with Gasteiger partial charge in [0.15, 0.2) is 0 Å². The fourth-order valence-electron chi connectivity index (χ4n) is 2.70. The van der Waals surface area contributed by atoms with Gasteiger partial charge in [0, 0.05) is 23.9 Å². The molecule has 0 radical (unpaired) electrons. The largest absolute Gasteiger partial charge is 0.478 e. The van der Waals surface area contributed by atoms with Crippen molar-refractivity contribution >= 4 is 23.8 Å². The lowest BCUT2D eigenvalue weighted by molar-refractivity contribution is -0.131. The number of carboxylic acids is 1. The third-order valence-electron chi connectivity index (χ3n) is 3.59. The highest BCUT2D eigenvalue weighted by Gasteiger charge is 2.26. The van der Waals surface area contributed by atoms with Crippen LogP contribution in [0.2, 0.25) is 0 Å². The molecule has 3 N–H and O–H groups in total. The summed E-state index contributed by atoms with van der Waals surface area (Å²) in [6.07, 6.45) is 8.42. The molecule has 1 aliphatic carbocycles. The normalized spacial score (nSPS) is 15.4. The Labute approximate surface area is 123 Å². The highest BCUT2D eigenvalue weighted by molar-refractivity contribution is 5.87. The third kappa shape index (κ3) is 4.05. The number of nitrogens with zero attached hydrogens (tertiary/aromatic N) is 2. The van der Waals surface area contributed by atoms with Gasteiger partial charge in [0.1, 0.15) is 5.82 Å². The molecule has 0 spiro atoms. The number of amides is 1. The summed E-state index contributed by atoms with van der Waals surface area (Å²) in [5.41, 5.74) is 6.02. The van der Waals surface area contributed by atoms with Crippen molar-refractivity contribution in [3.8, 4) is 0 Å². The Morgan fingerprint density at radius 1 is 1.43 bits per heavy atom. The van der Waals surface area contributed by atoms with Crippen molar-refractivity contribution < 1.29 is 14.7 Å². The summed E-state index contributed by atoms with van der Waals surface area (Å²) in [5.74, 6) is -0.825. The molecule has 0 bridgehead atoms. The smallest absolute Gasteiger partial charge is 0.328 e. The predicted octanol–water partition coefficient (Wildman–Crippen LogP) is 1.41. The Hall–Kier alpha value is -2.37. The number of nitrogens with two attached hydrogens (primary N) is 1. The van der Waals surface area contributed by atoms with Gasteiger partial charge in [-0.1, -0.05) is 12.8 Å². The standard InChI is InChI=1S/C15H19N3O3/c16-13(19)10-18(12-5-1-2-6-12)15-11(4-3-9-17-15)7-8-14(20)21/h3-4,7-9,12H,1-2,5-6,10H2,(H2,16,19)(H,20,21)/b8-7+. The van der Waals surface area contributed by atoms with Crippen molar-refractivity contribution in [1.82, 2.24) is 4.98 Å². The molecule has 1 aliphatic rings. The molecular weight excluding hydrogens is 270 g/mol. The van der Waals surface area contributed by atoms with E-state index < -0.39 is 11.9 Å². The van der Waals surface area contributed by atoms with E-state index in [1.54, 1.807) is 18.3 Å². The lowest BCUT2D eigenvalue weighted by Gasteiger charge is -2.30. The summed E-state index contributed by atoms with van der Waals surface area (Å²) in [5, 5.41) is 8.77. The first-order chi connectivity index (χ1) is 10.1. The van der Waals surface area contributed by atoms with E-state index in [0.29, 0.717) is 11.4 Å². The molecule has 112 valence electrons. The fraction of sp³-hybridized carbons (Fsp3) is 0.400. The average Bonchev–Trinajstić information content (AvgIpc) is 2.96. The molecule has 6 nitrogen and oxygen atoms in total. The second-order valence-corrected chi connectivity index (χ2v) is 5.12. The van der Waals surface area contributed by atoms with Gasteiger partial charge in [-0.3, -0.25) is 4.79 Å². The summed E-state index contributed by atoms with van der Waals surface area (Å²) < 4.78 is 0. The lowest BCUT2D eigenvalue weighted by Crippen LogP contribution is -2.41. The number of aromatic nitrogens is 1. The lowest BCUT2D eigenvalue weighted by atomic mass is 10.1. The fourth-order valence-corrected chi connectivity index (χ4v) is 2.70. The van der Waals surface area contributed by atoms with Gasteiger partial charge in [0.05, 0.1) is 6.54 Å². The minimum Gasteiger partial charge on any atom is -0.478 e. The number of pyridine rings is 1. The number of primary amides is 1. The first-order valence-corrected chi connectivity index (χ1v) is 6.99. The Kier molecular flexibility index (Phi) is 4.92. The van der Waals surface area contributed by atoms with E-state index >= 15 is 0 Å². The highest BCUT2D eigenvalue weighted by Crippen LogP contribution is 2.29. The second-order valence-electron chi connectivity index (χ2n) is 5.12. The van der Waals surface area contributed by atoms with Crippen molar-refractivity contribution in [3.05, 3.63) is 30.0 Å². The highest BCUT2D eigenvalue weighted by atomic mass is 16.4. The van der Waals surface area contributed by atoms with Crippen LogP contribution in [0.3, 0.4) is 0 Å². The van der Waals surface area contributed by atoms with Crippen LogP contribution in [0.15, 0.2) is 24.4 Å². The topological polar surface area (TPSA) is 96.5 Å². The van der Waals surface area contributed by atoms with Gasteiger partial charge in [0.25, 0.3) is 0 Å². The monoisotopic (exact) mass is 289 g/mol. The van der Waals surface area contributed by atoms with Crippen LogP contribution in [0.5, 0.6) is 0 Å². The van der Waals surface area contributed by atoms with Gasteiger partial charge in [-0.05, 0) is 31.1 Å². The van der Waals surface area contributed by atoms with Gasteiger partial charge in [-0.15, -0.1) is 0 Å². The minimum absolute atomic E-state index is 0.0928. The number of hydrogen-bond donors (Lipinski definition) is 2. The van der Waals surface area contributed by atoms with Crippen LogP contribution in [0.25, 0.3) is 6.08 Å². The van der Waals surface area contributed by atoms with Crippen LogP contribution in [0.4, 0.5) is 5.82 Å². The van der Waals surface area contributed by atoms with E-state index in [1.807, 2.05) is 4.90 Å². The molecule has 1 fully saturated rings. The predicted molar refractivity (Wildman–Crippen MR) is 79.7 cm³/mol. The van der Waals surface area contributed by atoms with Crippen LogP contribution >= 0.6 is 0 Å². The molecule has 1 saturated carbocycles. The second kappa shape index (κ2) is 6.88. The maximum Gasteiger partial charge on any atom is 0.328 e. The van der Waals surface area contributed by atoms with Crippen LogP contribution in [-0.4, -0.2) is 34.6 Å². The van der Waals surface area contributed by atoms with E-state index in [4.69, 9.17) is 10.8 Å². The summed E-state index contributed by atoms with van der Waals surface area (Å²) in [6.45, 7) is 0.0928. The number of carbonyl (C=O) groups excluding carboxylic acids is 1. The quantitative estimate of drug-likeness (QED) is 0.772. The van der Waals surface area contributed by atoms with Gasteiger partial charge >= 0.3 is 5.97 Å². The number of hydrogen-bond acceptors (Lipinski definition) is 4. The first-order valence-electron chi connectivity index (χ1n) is 6.99. The van der Waals surface area contributed by atoms with Crippen molar-refractivity contribution in [3.63, 3.8) is 0 Å². The molecule has 2 rings (SSSR count). The third-order valence-corrected chi connectivity index (χ3v) is 3.59.